The minimum atomic E-state index is -0.535. The smallest absolute Gasteiger partial charge is 0.252 e. The Morgan fingerprint density at radius 3 is 2.72 bits per heavy atom. The number of hydrogen-bond donors (Lipinski definition) is 2. The molecule has 0 radical (unpaired) electrons. The van der Waals surface area contributed by atoms with E-state index >= 15 is 0 Å². The van der Waals surface area contributed by atoms with Crippen LogP contribution in [-0.4, -0.2) is 28.6 Å². The first kappa shape index (κ1) is 17.4. The molecule has 1 atom stereocenters. The first-order valence-electron chi connectivity index (χ1n) is 8.19. The molecule has 0 fully saturated rings. The molecule has 0 bridgehead atoms. The summed E-state index contributed by atoms with van der Waals surface area (Å²) in [5.74, 6) is -0.195. The molecule has 25 heavy (non-hydrogen) atoms. The minimum absolute atomic E-state index is 0.195. The van der Waals surface area contributed by atoms with Gasteiger partial charge in [0.05, 0.1) is 11.1 Å². The molecule has 2 N–H and O–H groups in total. The second-order valence-electron chi connectivity index (χ2n) is 5.87. The number of carbonyl (C=O) groups is 1. The third-order valence-electron chi connectivity index (χ3n) is 4.15. The van der Waals surface area contributed by atoms with Gasteiger partial charge in [0.15, 0.2) is 0 Å². The van der Waals surface area contributed by atoms with E-state index in [1.807, 2.05) is 43.3 Å². The third-order valence-corrected chi connectivity index (χ3v) is 4.36. The van der Waals surface area contributed by atoms with Gasteiger partial charge in [-0.05, 0) is 34.9 Å². The number of benzene rings is 2. The lowest BCUT2D eigenvalue weighted by Crippen LogP contribution is -2.31. The van der Waals surface area contributed by atoms with Crippen LogP contribution in [0.2, 0.25) is 5.02 Å². The lowest BCUT2D eigenvalue weighted by Gasteiger charge is -2.13. The standard InChI is InChI=1S/C20H19ClN2O2/c1-2-15(24)12-23-20(25)19-8-4-6-17-16(5-3-7-18(17)19)13-9-14(21)11-22-10-13/h3-11,15,24H,2,12H2,1H3,(H,23,25). The predicted octanol–water partition coefficient (Wildman–Crippen LogP) is 4.06. The van der Waals surface area contributed by atoms with Crippen LogP contribution in [-0.2, 0) is 0 Å². The molecule has 0 saturated carbocycles. The average molecular weight is 355 g/mol. The number of rotatable bonds is 5. The van der Waals surface area contributed by atoms with Gasteiger partial charge in [0.25, 0.3) is 5.91 Å². The third kappa shape index (κ3) is 3.81. The van der Waals surface area contributed by atoms with Gasteiger partial charge in [-0.3, -0.25) is 9.78 Å². The molecule has 0 saturated heterocycles. The largest absolute Gasteiger partial charge is 0.391 e. The fraction of sp³-hybridized carbons (Fsp3) is 0.200. The number of halogens is 1. The van der Waals surface area contributed by atoms with E-state index in [0.717, 1.165) is 21.9 Å². The Bertz CT molecular complexity index is 911. The highest BCUT2D eigenvalue weighted by Gasteiger charge is 2.13. The highest BCUT2D eigenvalue weighted by Crippen LogP contribution is 2.31. The van der Waals surface area contributed by atoms with Crippen LogP contribution in [0.15, 0.2) is 54.9 Å². The van der Waals surface area contributed by atoms with Crippen molar-refractivity contribution in [3.63, 3.8) is 0 Å². The molecule has 3 aromatic rings. The van der Waals surface area contributed by atoms with E-state index in [1.165, 1.54) is 0 Å². The van der Waals surface area contributed by atoms with Crippen LogP contribution in [0.4, 0.5) is 0 Å². The molecule has 0 aliphatic carbocycles. The van der Waals surface area contributed by atoms with Crippen LogP contribution in [0.1, 0.15) is 23.7 Å². The van der Waals surface area contributed by atoms with Crippen molar-refractivity contribution in [2.75, 3.05) is 6.54 Å². The Kier molecular flexibility index (Phi) is 5.31. The highest BCUT2D eigenvalue weighted by atomic mass is 35.5. The zero-order valence-corrected chi connectivity index (χ0v) is 14.6. The summed E-state index contributed by atoms with van der Waals surface area (Å²) in [6.07, 6.45) is 3.41. The van der Waals surface area contributed by atoms with E-state index in [-0.39, 0.29) is 12.5 Å². The van der Waals surface area contributed by atoms with Crippen molar-refractivity contribution < 1.29 is 9.90 Å². The highest BCUT2D eigenvalue weighted by molar-refractivity contribution is 6.30. The molecule has 3 rings (SSSR count). The van der Waals surface area contributed by atoms with Crippen LogP contribution < -0.4 is 5.32 Å². The van der Waals surface area contributed by atoms with E-state index in [2.05, 4.69) is 10.3 Å². The van der Waals surface area contributed by atoms with Gasteiger partial charge in [0, 0.05) is 30.1 Å². The Morgan fingerprint density at radius 2 is 1.96 bits per heavy atom. The molecule has 5 heteroatoms. The summed E-state index contributed by atoms with van der Waals surface area (Å²) in [7, 11) is 0. The molecule has 2 aromatic carbocycles. The number of nitrogens with one attached hydrogen (secondary N) is 1. The Labute approximate surface area is 151 Å². The van der Waals surface area contributed by atoms with Crippen molar-refractivity contribution in [3.8, 4) is 11.1 Å². The maximum atomic E-state index is 12.5. The first-order chi connectivity index (χ1) is 12.1. The molecular weight excluding hydrogens is 336 g/mol. The number of aromatic nitrogens is 1. The molecule has 1 heterocycles. The van der Waals surface area contributed by atoms with Crippen molar-refractivity contribution in [3.05, 3.63) is 65.4 Å². The monoisotopic (exact) mass is 354 g/mol. The van der Waals surface area contributed by atoms with Crippen LogP contribution in [0.5, 0.6) is 0 Å². The van der Waals surface area contributed by atoms with E-state index in [4.69, 9.17) is 11.6 Å². The van der Waals surface area contributed by atoms with Crippen molar-refractivity contribution in [1.82, 2.24) is 10.3 Å². The SMILES string of the molecule is CCC(O)CNC(=O)c1cccc2c(-c3cncc(Cl)c3)cccc12. The average Bonchev–Trinajstić information content (AvgIpc) is 2.64. The topological polar surface area (TPSA) is 62.2 Å². The maximum Gasteiger partial charge on any atom is 0.252 e. The molecule has 1 unspecified atom stereocenters. The molecule has 1 amide bonds. The van der Waals surface area contributed by atoms with E-state index in [9.17, 15) is 9.90 Å². The summed E-state index contributed by atoms with van der Waals surface area (Å²) in [6, 6.07) is 13.3. The second kappa shape index (κ2) is 7.64. The molecular formula is C20H19ClN2O2. The van der Waals surface area contributed by atoms with E-state index < -0.39 is 6.10 Å². The lowest BCUT2D eigenvalue weighted by molar-refractivity contribution is 0.0915. The zero-order valence-electron chi connectivity index (χ0n) is 13.9. The van der Waals surface area contributed by atoms with Gasteiger partial charge in [-0.25, -0.2) is 0 Å². The minimum Gasteiger partial charge on any atom is -0.391 e. The molecule has 1 aromatic heterocycles. The van der Waals surface area contributed by atoms with Crippen LogP contribution >= 0.6 is 11.6 Å². The Hall–Kier alpha value is -2.43. The lowest BCUT2D eigenvalue weighted by atomic mass is 9.96. The summed E-state index contributed by atoms with van der Waals surface area (Å²) >= 11 is 6.06. The number of aliphatic hydroxyl groups is 1. The summed E-state index contributed by atoms with van der Waals surface area (Å²) in [5, 5.41) is 14.8. The van der Waals surface area contributed by atoms with Gasteiger partial charge in [-0.1, -0.05) is 48.9 Å². The summed E-state index contributed by atoms with van der Waals surface area (Å²) in [5.41, 5.74) is 2.45. The second-order valence-corrected chi connectivity index (χ2v) is 6.31. The van der Waals surface area contributed by atoms with Crippen molar-refractivity contribution >= 4 is 28.3 Å². The van der Waals surface area contributed by atoms with Gasteiger partial charge >= 0.3 is 0 Å². The number of amides is 1. The van der Waals surface area contributed by atoms with Gasteiger partial charge < -0.3 is 10.4 Å². The number of carbonyl (C=O) groups excluding carboxylic acids is 1. The number of aliphatic hydroxyl groups excluding tert-OH is 1. The molecule has 128 valence electrons. The first-order valence-corrected chi connectivity index (χ1v) is 8.57. The molecule has 4 nitrogen and oxygen atoms in total. The van der Waals surface area contributed by atoms with Crippen LogP contribution in [0, 0.1) is 0 Å². The summed E-state index contributed by atoms with van der Waals surface area (Å²) < 4.78 is 0. The quantitative estimate of drug-likeness (QED) is 0.726. The van der Waals surface area contributed by atoms with Crippen molar-refractivity contribution in [1.29, 1.82) is 0 Å². The van der Waals surface area contributed by atoms with Crippen LogP contribution in [0.3, 0.4) is 0 Å². The molecule has 0 spiro atoms. The van der Waals surface area contributed by atoms with E-state index in [1.54, 1.807) is 18.5 Å². The number of nitrogens with zero attached hydrogens (tertiary/aromatic N) is 1. The predicted molar refractivity (Wildman–Crippen MR) is 101 cm³/mol. The van der Waals surface area contributed by atoms with Gasteiger partial charge in [-0.15, -0.1) is 0 Å². The fourth-order valence-electron chi connectivity index (χ4n) is 2.77. The zero-order chi connectivity index (χ0) is 17.8. The Morgan fingerprint density at radius 1 is 1.20 bits per heavy atom. The van der Waals surface area contributed by atoms with Gasteiger partial charge in [0.1, 0.15) is 0 Å². The number of pyridine rings is 1. The van der Waals surface area contributed by atoms with Gasteiger partial charge in [0.2, 0.25) is 0 Å². The number of hydrogen-bond acceptors (Lipinski definition) is 3. The maximum absolute atomic E-state index is 12.5. The van der Waals surface area contributed by atoms with Crippen molar-refractivity contribution in [2.45, 2.75) is 19.4 Å². The van der Waals surface area contributed by atoms with Crippen molar-refractivity contribution in [2.24, 2.45) is 0 Å². The number of fused-ring (bicyclic) bond motifs is 1. The summed E-state index contributed by atoms with van der Waals surface area (Å²) in [6.45, 7) is 2.11. The fourth-order valence-corrected chi connectivity index (χ4v) is 2.94. The van der Waals surface area contributed by atoms with Gasteiger partial charge in [-0.2, -0.15) is 0 Å². The molecule has 0 aliphatic heterocycles. The summed E-state index contributed by atoms with van der Waals surface area (Å²) in [4.78, 5) is 16.7. The normalized spacial score (nSPS) is 12.1. The molecule has 0 aliphatic rings. The van der Waals surface area contributed by atoms with Crippen LogP contribution in [0.25, 0.3) is 21.9 Å². The van der Waals surface area contributed by atoms with E-state index in [0.29, 0.717) is 17.0 Å². The Balaban J connectivity index is 2.03.